The van der Waals surface area contributed by atoms with Gasteiger partial charge in [-0.15, -0.1) is 0 Å². The lowest BCUT2D eigenvalue weighted by Gasteiger charge is -2.37. The minimum absolute atomic E-state index is 0.344. The van der Waals surface area contributed by atoms with Crippen LogP contribution in [0.5, 0.6) is 0 Å². The first-order valence-corrected chi connectivity index (χ1v) is 9.84. The molecule has 0 aliphatic carbocycles. The zero-order valence-corrected chi connectivity index (χ0v) is 13.6. The summed E-state index contributed by atoms with van der Waals surface area (Å²) in [5, 5.41) is 0.344. The van der Waals surface area contributed by atoms with Crippen LogP contribution in [0.1, 0.15) is 34.1 Å². The fourth-order valence-corrected chi connectivity index (χ4v) is 3.03. The molecule has 0 aliphatic rings. The van der Waals surface area contributed by atoms with E-state index in [1.54, 1.807) is 0 Å². The Morgan fingerprint density at radius 2 is 1.79 bits per heavy atom. The minimum Gasteiger partial charge on any atom is -0.417 e. The van der Waals surface area contributed by atoms with Gasteiger partial charge in [-0.05, 0) is 34.9 Å². The molecule has 0 N–H and O–H groups in total. The Labute approximate surface area is 104 Å². The molecule has 0 rings (SSSR count). The van der Waals surface area contributed by atoms with E-state index in [1.807, 2.05) is 0 Å². The molecule has 0 aromatic carbocycles. The van der Waals surface area contributed by atoms with Gasteiger partial charge in [0.2, 0.25) is 0 Å². The highest BCUT2D eigenvalue weighted by molar-refractivity contribution is 14.1. The molecule has 0 fully saturated rings. The van der Waals surface area contributed by atoms with E-state index in [4.69, 9.17) is 4.43 Å². The van der Waals surface area contributed by atoms with E-state index in [0.29, 0.717) is 11.0 Å². The van der Waals surface area contributed by atoms with Crippen LogP contribution in [0, 0.1) is 5.92 Å². The molecule has 0 bridgehead atoms. The number of hydrogen-bond donors (Lipinski definition) is 0. The van der Waals surface area contributed by atoms with E-state index in [1.165, 1.54) is 10.8 Å². The highest BCUT2D eigenvalue weighted by Gasteiger charge is 2.37. The van der Waals surface area contributed by atoms with E-state index in [0.717, 1.165) is 6.61 Å². The third-order valence-electron chi connectivity index (χ3n) is 3.14. The van der Waals surface area contributed by atoms with E-state index in [-0.39, 0.29) is 0 Å². The van der Waals surface area contributed by atoms with Crippen LogP contribution in [0.15, 0.2) is 0 Å². The molecule has 0 aliphatic heterocycles. The molecule has 0 saturated heterocycles. The molecule has 1 atom stereocenters. The van der Waals surface area contributed by atoms with Crippen molar-refractivity contribution in [2.24, 2.45) is 5.92 Å². The normalized spacial score (nSPS) is 15.6. The van der Waals surface area contributed by atoms with E-state index in [9.17, 15) is 0 Å². The number of alkyl halides is 1. The third kappa shape index (κ3) is 5.12. The van der Waals surface area contributed by atoms with Crippen LogP contribution in [0.3, 0.4) is 0 Å². The summed E-state index contributed by atoms with van der Waals surface area (Å²) in [6.07, 6.45) is 1.27. The first-order chi connectivity index (χ1) is 6.20. The quantitative estimate of drug-likeness (QED) is 0.411. The molecular formula is C11H25IOSi. The van der Waals surface area contributed by atoms with Gasteiger partial charge in [0.15, 0.2) is 8.32 Å². The fraction of sp³-hybridized carbons (Fsp3) is 1.00. The second-order valence-electron chi connectivity index (χ2n) is 5.65. The van der Waals surface area contributed by atoms with Crippen molar-refractivity contribution in [3.05, 3.63) is 0 Å². The van der Waals surface area contributed by atoms with Crippen molar-refractivity contribution in [2.45, 2.75) is 52.2 Å². The Morgan fingerprint density at radius 3 is 2.14 bits per heavy atom. The molecule has 1 nitrogen and oxygen atoms in total. The topological polar surface area (TPSA) is 9.23 Å². The summed E-state index contributed by atoms with van der Waals surface area (Å²) in [5.74, 6) is 0.709. The van der Waals surface area contributed by atoms with Gasteiger partial charge in [-0.1, -0.05) is 50.3 Å². The third-order valence-corrected chi connectivity index (χ3v) is 8.26. The van der Waals surface area contributed by atoms with Gasteiger partial charge in [0.1, 0.15) is 0 Å². The lowest BCUT2D eigenvalue weighted by atomic mass is 10.1. The molecular weight excluding hydrogens is 303 g/mol. The Bertz CT molecular complexity index is 163. The van der Waals surface area contributed by atoms with Crippen molar-refractivity contribution in [1.29, 1.82) is 0 Å². The van der Waals surface area contributed by atoms with Crippen LogP contribution in [-0.2, 0) is 4.43 Å². The van der Waals surface area contributed by atoms with Crippen LogP contribution in [0.4, 0.5) is 0 Å². The molecule has 0 saturated carbocycles. The SMILES string of the molecule is C[C@@H](CCI)CO[Si](C)(C)C(C)(C)C. The number of hydrogen-bond acceptors (Lipinski definition) is 1. The predicted octanol–water partition coefficient (Wildman–Crippen LogP) is 4.47. The van der Waals surface area contributed by atoms with Crippen LogP contribution in [-0.4, -0.2) is 19.4 Å². The van der Waals surface area contributed by atoms with Gasteiger partial charge in [0.25, 0.3) is 0 Å². The molecule has 0 radical (unpaired) electrons. The molecule has 0 aromatic heterocycles. The van der Waals surface area contributed by atoms with Crippen molar-refractivity contribution in [3.8, 4) is 0 Å². The number of rotatable bonds is 5. The van der Waals surface area contributed by atoms with Gasteiger partial charge < -0.3 is 4.43 Å². The molecule has 0 amide bonds. The fourth-order valence-electron chi connectivity index (χ4n) is 0.837. The molecule has 3 heteroatoms. The Hall–Kier alpha value is 0.907. The zero-order chi connectivity index (χ0) is 11.4. The standard InChI is InChI=1S/C11H25IOSi/c1-10(7-8-12)9-13-14(5,6)11(2,3)4/h10H,7-9H2,1-6H3/t10-/m0/s1. The second-order valence-corrected chi connectivity index (χ2v) is 11.5. The van der Waals surface area contributed by atoms with Crippen molar-refractivity contribution in [3.63, 3.8) is 0 Å². The molecule has 86 valence electrons. The summed E-state index contributed by atoms with van der Waals surface area (Å²) < 4.78 is 7.38. The monoisotopic (exact) mass is 328 g/mol. The van der Waals surface area contributed by atoms with Crippen LogP contribution in [0.2, 0.25) is 18.1 Å². The van der Waals surface area contributed by atoms with Crippen molar-refractivity contribution < 1.29 is 4.43 Å². The first-order valence-electron chi connectivity index (χ1n) is 5.40. The van der Waals surface area contributed by atoms with E-state index >= 15 is 0 Å². The first kappa shape index (κ1) is 14.9. The highest BCUT2D eigenvalue weighted by Crippen LogP contribution is 2.36. The smallest absolute Gasteiger partial charge is 0.191 e. The van der Waals surface area contributed by atoms with Crippen molar-refractivity contribution in [1.82, 2.24) is 0 Å². The molecule has 0 aromatic rings. The lowest BCUT2D eigenvalue weighted by Crippen LogP contribution is -2.41. The van der Waals surface area contributed by atoms with Crippen LogP contribution in [0.25, 0.3) is 0 Å². The van der Waals surface area contributed by atoms with Gasteiger partial charge >= 0.3 is 0 Å². The maximum absolute atomic E-state index is 6.14. The summed E-state index contributed by atoms with van der Waals surface area (Å²) >= 11 is 2.44. The molecule has 14 heavy (non-hydrogen) atoms. The zero-order valence-electron chi connectivity index (χ0n) is 10.5. The van der Waals surface area contributed by atoms with Crippen LogP contribution < -0.4 is 0 Å². The molecule has 0 heterocycles. The van der Waals surface area contributed by atoms with Gasteiger partial charge in [-0.3, -0.25) is 0 Å². The van der Waals surface area contributed by atoms with Crippen LogP contribution >= 0.6 is 22.6 Å². The number of halogens is 1. The largest absolute Gasteiger partial charge is 0.417 e. The van der Waals surface area contributed by atoms with Gasteiger partial charge in [-0.2, -0.15) is 0 Å². The van der Waals surface area contributed by atoms with Gasteiger partial charge in [0.05, 0.1) is 0 Å². The highest BCUT2D eigenvalue weighted by atomic mass is 127. The lowest BCUT2D eigenvalue weighted by molar-refractivity contribution is 0.236. The van der Waals surface area contributed by atoms with Crippen molar-refractivity contribution >= 4 is 30.9 Å². The Kier molecular flexibility index (Phi) is 6.22. The summed E-state index contributed by atoms with van der Waals surface area (Å²) in [7, 11) is -1.50. The van der Waals surface area contributed by atoms with Gasteiger partial charge in [0, 0.05) is 6.61 Å². The average Bonchev–Trinajstić information content (AvgIpc) is 1.99. The average molecular weight is 328 g/mol. The summed E-state index contributed by atoms with van der Waals surface area (Å²) in [6.45, 7) is 14.8. The summed E-state index contributed by atoms with van der Waals surface area (Å²) in [5.41, 5.74) is 0. The minimum atomic E-state index is -1.50. The van der Waals surface area contributed by atoms with E-state index in [2.05, 4.69) is 63.4 Å². The maximum atomic E-state index is 6.14. The predicted molar refractivity (Wildman–Crippen MR) is 75.8 cm³/mol. The Morgan fingerprint density at radius 1 is 1.29 bits per heavy atom. The molecule has 0 unspecified atom stereocenters. The molecule has 0 spiro atoms. The van der Waals surface area contributed by atoms with E-state index < -0.39 is 8.32 Å². The second kappa shape index (κ2) is 5.85. The van der Waals surface area contributed by atoms with Gasteiger partial charge in [-0.25, -0.2) is 0 Å². The van der Waals surface area contributed by atoms with Crippen molar-refractivity contribution in [2.75, 3.05) is 11.0 Å². The summed E-state index contributed by atoms with van der Waals surface area (Å²) in [6, 6.07) is 0. The summed E-state index contributed by atoms with van der Waals surface area (Å²) in [4.78, 5) is 0. The Balaban J connectivity index is 3.99. The maximum Gasteiger partial charge on any atom is 0.191 e.